The third-order valence-electron chi connectivity index (χ3n) is 3.75. The Morgan fingerprint density at radius 1 is 0.880 bits per heavy atom. The average Bonchev–Trinajstić information content (AvgIpc) is 2.54. The van der Waals surface area contributed by atoms with Gasteiger partial charge in [0.2, 0.25) is 0 Å². The minimum Gasteiger partial charge on any atom is -0.355 e. The van der Waals surface area contributed by atoms with Crippen LogP contribution in [0.1, 0.15) is 21.5 Å². The molecule has 0 saturated heterocycles. The molecule has 1 N–H and O–H groups in total. The maximum absolute atomic E-state index is 13.3. The quantitative estimate of drug-likeness (QED) is 0.589. The largest absolute Gasteiger partial charge is 0.355 e. The second-order valence-corrected chi connectivity index (χ2v) is 6.03. The first-order chi connectivity index (χ1) is 11.9. The zero-order chi connectivity index (χ0) is 18.0. The first kappa shape index (κ1) is 17.1. The van der Waals surface area contributed by atoms with Crippen molar-refractivity contribution in [2.75, 3.05) is 5.32 Å². The molecule has 0 amide bonds. The second-order valence-electron chi connectivity index (χ2n) is 5.62. The lowest BCUT2D eigenvalue weighted by Gasteiger charge is -2.10. The van der Waals surface area contributed by atoms with Crippen LogP contribution in [0.4, 0.5) is 20.2 Å². The third-order valence-corrected chi connectivity index (χ3v) is 4.07. The number of carbonyl (C=O) groups excluding carboxylic acids is 1. The number of carbonyl (C=O) groups is 1. The summed E-state index contributed by atoms with van der Waals surface area (Å²) in [6.45, 7) is 1.86. The first-order valence-corrected chi connectivity index (χ1v) is 7.95. The van der Waals surface area contributed by atoms with Crippen LogP contribution in [0.15, 0.2) is 60.7 Å². The van der Waals surface area contributed by atoms with E-state index in [4.69, 9.17) is 11.6 Å². The van der Waals surface area contributed by atoms with Crippen molar-refractivity contribution >= 4 is 28.8 Å². The molecule has 0 aliphatic carbocycles. The summed E-state index contributed by atoms with van der Waals surface area (Å²) in [4.78, 5) is 12.6. The molecule has 0 unspecified atom stereocenters. The van der Waals surface area contributed by atoms with Gasteiger partial charge in [-0.2, -0.15) is 0 Å². The van der Waals surface area contributed by atoms with E-state index in [0.29, 0.717) is 16.8 Å². The van der Waals surface area contributed by atoms with Crippen molar-refractivity contribution in [2.24, 2.45) is 0 Å². The molecule has 0 saturated carbocycles. The van der Waals surface area contributed by atoms with Crippen LogP contribution < -0.4 is 5.32 Å². The molecule has 0 heterocycles. The summed E-state index contributed by atoms with van der Waals surface area (Å²) in [5, 5.41) is 3.13. The highest BCUT2D eigenvalue weighted by Gasteiger charge is 2.15. The van der Waals surface area contributed by atoms with Gasteiger partial charge in [-0.05, 0) is 42.8 Å². The Bertz CT molecular complexity index is 936. The molecular formula is C20H14ClF2NO. The third kappa shape index (κ3) is 3.86. The van der Waals surface area contributed by atoms with E-state index in [2.05, 4.69) is 5.32 Å². The van der Waals surface area contributed by atoms with Crippen LogP contribution in [0.25, 0.3) is 0 Å². The van der Waals surface area contributed by atoms with Gasteiger partial charge in [0, 0.05) is 28.6 Å². The molecule has 126 valence electrons. The molecule has 0 bridgehead atoms. The lowest BCUT2D eigenvalue weighted by molar-refractivity contribution is 0.103. The number of aryl methyl sites for hydroxylation is 1. The Labute approximate surface area is 149 Å². The number of halogens is 3. The van der Waals surface area contributed by atoms with Gasteiger partial charge in [-0.25, -0.2) is 8.78 Å². The fourth-order valence-corrected chi connectivity index (χ4v) is 2.81. The predicted octanol–water partition coefficient (Wildman–Crippen LogP) is 5.90. The van der Waals surface area contributed by atoms with Crippen LogP contribution in [0.2, 0.25) is 5.02 Å². The number of hydrogen-bond donors (Lipinski definition) is 1. The second kappa shape index (κ2) is 7.03. The van der Waals surface area contributed by atoms with Gasteiger partial charge < -0.3 is 5.32 Å². The summed E-state index contributed by atoms with van der Waals surface area (Å²) in [7, 11) is 0. The van der Waals surface area contributed by atoms with E-state index in [9.17, 15) is 13.6 Å². The lowest BCUT2D eigenvalue weighted by Crippen LogP contribution is -2.04. The van der Waals surface area contributed by atoms with Crippen molar-refractivity contribution in [1.29, 1.82) is 0 Å². The normalized spacial score (nSPS) is 10.6. The molecule has 0 aromatic heterocycles. The molecule has 2 nitrogen and oxygen atoms in total. The van der Waals surface area contributed by atoms with Gasteiger partial charge in [-0.3, -0.25) is 4.79 Å². The lowest BCUT2D eigenvalue weighted by atomic mass is 9.99. The SMILES string of the molecule is Cc1ccccc1C(=O)c1ccc(Nc2cc(F)cc(F)c2)cc1Cl. The van der Waals surface area contributed by atoms with Crippen LogP contribution in [-0.2, 0) is 0 Å². The van der Waals surface area contributed by atoms with Gasteiger partial charge in [0.15, 0.2) is 5.78 Å². The van der Waals surface area contributed by atoms with E-state index in [1.165, 1.54) is 12.1 Å². The van der Waals surface area contributed by atoms with Crippen molar-refractivity contribution in [3.05, 3.63) is 94.0 Å². The summed E-state index contributed by atoms with van der Waals surface area (Å²) in [6, 6.07) is 15.2. The van der Waals surface area contributed by atoms with Crippen molar-refractivity contribution in [3.63, 3.8) is 0 Å². The molecule has 0 fully saturated rings. The molecule has 0 radical (unpaired) electrons. The van der Waals surface area contributed by atoms with Crippen LogP contribution in [0, 0.1) is 18.6 Å². The predicted molar refractivity (Wildman–Crippen MR) is 95.7 cm³/mol. The molecule has 0 aliphatic heterocycles. The highest BCUT2D eigenvalue weighted by molar-refractivity contribution is 6.35. The maximum Gasteiger partial charge on any atom is 0.194 e. The van der Waals surface area contributed by atoms with Crippen LogP contribution >= 0.6 is 11.6 Å². The monoisotopic (exact) mass is 357 g/mol. The van der Waals surface area contributed by atoms with Crippen LogP contribution in [0.3, 0.4) is 0 Å². The van der Waals surface area contributed by atoms with Crippen molar-refractivity contribution in [3.8, 4) is 0 Å². The van der Waals surface area contributed by atoms with E-state index < -0.39 is 11.6 Å². The minimum absolute atomic E-state index is 0.175. The van der Waals surface area contributed by atoms with E-state index >= 15 is 0 Å². The smallest absolute Gasteiger partial charge is 0.194 e. The molecule has 3 aromatic rings. The summed E-state index contributed by atoms with van der Waals surface area (Å²) in [5.74, 6) is -1.54. The number of rotatable bonds is 4. The standard InChI is InChI=1S/C20H14ClF2NO/c1-12-4-2-3-5-17(12)20(25)18-7-6-15(11-19(18)21)24-16-9-13(22)8-14(23)10-16/h2-11,24H,1H3. The number of ketones is 1. The first-order valence-electron chi connectivity index (χ1n) is 7.57. The molecule has 3 aromatic carbocycles. The molecule has 3 rings (SSSR count). The minimum atomic E-state index is -0.681. The van der Waals surface area contributed by atoms with Crippen LogP contribution in [0.5, 0.6) is 0 Å². The highest BCUT2D eigenvalue weighted by atomic mass is 35.5. The van der Waals surface area contributed by atoms with Gasteiger partial charge in [0.25, 0.3) is 0 Å². The molecule has 25 heavy (non-hydrogen) atoms. The highest BCUT2D eigenvalue weighted by Crippen LogP contribution is 2.27. The average molecular weight is 358 g/mol. The Balaban J connectivity index is 1.88. The maximum atomic E-state index is 13.3. The number of hydrogen-bond acceptors (Lipinski definition) is 2. The van der Waals surface area contributed by atoms with Gasteiger partial charge in [-0.1, -0.05) is 35.9 Å². The summed E-state index contributed by atoms with van der Waals surface area (Å²) >= 11 is 6.25. The summed E-state index contributed by atoms with van der Waals surface area (Å²) in [6.07, 6.45) is 0. The topological polar surface area (TPSA) is 29.1 Å². The van der Waals surface area contributed by atoms with Gasteiger partial charge >= 0.3 is 0 Å². The van der Waals surface area contributed by atoms with Crippen molar-refractivity contribution in [1.82, 2.24) is 0 Å². The van der Waals surface area contributed by atoms with E-state index in [-0.39, 0.29) is 16.5 Å². The summed E-state index contributed by atoms with van der Waals surface area (Å²) in [5.41, 5.74) is 2.59. The number of benzene rings is 3. The van der Waals surface area contributed by atoms with Gasteiger partial charge in [0.1, 0.15) is 11.6 Å². The molecule has 5 heteroatoms. The zero-order valence-corrected chi connectivity index (χ0v) is 14.1. The van der Waals surface area contributed by atoms with Crippen LogP contribution in [-0.4, -0.2) is 5.78 Å². The Morgan fingerprint density at radius 3 is 2.20 bits per heavy atom. The van der Waals surface area contributed by atoms with Crippen molar-refractivity contribution < 1.29 is 13.6 Å². The molecule has 0 aliphatic rings. The fraction of sp³-hybridized carbons (Fsp3) is 0.0500. The Hall–Kier alpha value is -2.72. The van der Waals surface area contributed by atoms with Gasteiger partial charge in [0.05, 0.1) is 5.02 Å². The molecule has 0 spiro atoms. The molecule has 0 atom stereocenters. The zero-order valence-electron chi connectivity index (χ0n) is 13.3. The fourth-order valence-electron chi connectivity index (χ4n) is 2.54. The summed E-state index contributed by atoms with van der Waals surface area (Å²) < 4.78 is 26.5. The molecular weight excluding hydrogens is 344 g/mol. The van der Waals surface area contributed by atoms with E-state index in [1.807, 2.05) is 19.1 Å². The van der Waals surface area contributed by atoms with E-state index in [1.54, 1.807) is 30.3 Å². The van der Waals surface area contributed by atoms with E-state index in [0.717, 1.165) is 11.6 Å². The Morgan fingerprint density at radius 2 is 1.56 bits per heavy atom. The number of nitrogens with one attached hydrogen (secondary N) is 1. The van der Waals surface area contributed by atoms with Crippen molar-refractivity contribution in [2.45, 2.75) is 6.92 Å². The van der Waals surface area contributed by atoms with Gasteiger partial charge in [-0.15, -0.1) is 0 Å². The Kier molecular flexibility index (Phi) is 4.81. The number of anilines is 2.